The molecule has 0 radical (unpaired) electrons. The van der Waals surface area contributed by atoms with Crippen molar-refractivity contribution in [1.82, 2.24) is 9.97 Å². The number of hydrogen-bond donors (Lipinski definition) is 1. The molecule has 1 N–H and O–H groups in total. The number of amides is 1. The quantitative estimate of drug-likeness (QED) is 0.539. The van der Waals surface area contributed by atoms with E-state index in [9.17, 15) is 9.59 Å². The van der Waals surface area contributed by atoms with Crippen LogP contribution in [-0.4, -0.2) is 21.7 Å². The Bertz CT molecular complexity index is 1250. The Morgan fingerprint density at radius 3 is 3.00 bits per heavy atom. The molecule has 6 rings (SSSR count). The Labute approximate surface area is 197 Å². The Balaban J connectivity index is 1.23. The number of aromatic nitrogens is 2. The molecule has 1 aromatic carbocycles. The summed E-state index contributed by atoms with van der Waals surface area (Å²) in [6.07, 6.45) is 9.23. The number of nitrogens with one attached hydrogen (secondary N) is 1. The average molecular weight is 464 g/mol. The largest absolute Gasteiger partial charge is 0.443 e. The first-order valence-corrected chi connectivity index (χ1v) is 12.9. The molecular weight excluding hydrogens is 434 g/mol. The van der Waals surface area contributed by atoms with Gasteiger partial charge in [0.2, 0.25) is 5.91 Å². The van der Waals surface area contributed by atoms with Crippen molar-refractivity contribution < 1.29 is 14.0 Å². The van der Waals surface area contributed by atoms with E-state index in [0.29, 0.717) is 41.5 Å². The van der Waals surface area contributed by atoms with Crippen LogP contribution in [0, 0.1) is 30.1 Å². The number of Topliss-reactive ketones (excluding diaryl/α,β-unsaturated/α-hetero) is 1. The molecule has 3 aliphatic rings. The molecular formula is C26H29N3O3S. The summed E-state index contributed by atoms with van der Waals surface area (Å²) in [5, 5.41) is 3.59. The van der Waals surface area contributed by atoms with Crippen LogP contribution in [0.5, 0.6) is 0 Å². The summed E-state index contributed by atoms with van der Waals surface area (Å²) in [7, 11) is 0. The number of nitrogens with zero attached hydrogens (tertiary/aromatic N) is 2. The second kappa shape index (κ2) is 7.76. The van der Waals surface area contributed by atoms with Crippen LogP contribution < -0.4 is 5.32 Å². The number of aryl methyl sites for hydroxylation is 2. The lowest BCUT2D eigenvalue weighted by Gasteiger charge is -2.50. The number of fused-ring (bicyclic) bond motifs is 6. The lowest BCUT2D eigenvalue weighted by molar-refractivity contribution is -0.129. The summed E-state index contributed by atoms with van der Waals surface area (Å²) in [5.41, 5.74) is 4.33. The van der Waals surface area contributed by atoms with E-state index in [-0.39, 0.29) is 17.2 Å². The maximum Gasteiger partial charge on any atom is 0.226 e. The summed E-state index contributed by atoms with van der Waals surface area (Å²) in [6, 6.07) is 4.40. The zero-order valence-corrected chi connectivity index (χ0v) is 19.9. The highest BCUT2D eigenvalue weighted by Gasteiger charge is 2.58. The molecule has 0 aliphatic heterocycles. The number of benzene rings is 1. The van der Waals surface area contributed by atoms with Gasteiger partial charge in [0.05, 0.1) is 0 Å². The van der Waals surface area contributed by atoms with Gasteiger partial charge in [-0.15, -0.1) is 11.3 Å². The first kappa shape index (κ1) is 21.0. The first-order valence-electron chi connectivity index (χ1n) is 12.0. The molecule has 5 atom stereocenters. The van der Waals surface area contributed by atoms with Gasteiger partial charge in [-0.25, -0.2) is 9.97 Å². The molecule has 0 spiro atoms. The molecule has 1 amide bonds. The monoisotopic (exact) mass is 463 g/mol. The smallest absolute Gasteiger partial charge is 0.226 e. The van der Waals surface area contributed by atoms with E-state index in [1.807, 2.05) is 6.92 Å². The second-order valence-corrected chi connectivity index (χ2v) is 11.6. The van der Waals surface area contributed by atoms with Gasteiger partial charge in [-0.05, 0) is 86.0 Å². The van der Waals surface area contributed by atoms with E-state index >= 15 is 0 Å². The van der Waals surface area contributed by atoms with E-state index in [4.69, 9.17) is 4.42 Å². The van der Waals surface area contributed by atoms with Crippen molar-refractivity contribution in [3.8, 4) is 0 Å². The van der Waals surface area contributed by atoms with Gasteiger partial charge < -0.3 is 9.73 Å². The Morgan fingerprint density at radius 2 is 2.18 bits per heavy atom. The number of anilines is 1. The van der Waals surface area contributed by atoms with Crippen molar-refractivity contribution in [2.75, 3.05) is 5.32 Å². The summed E-state index contributed by atoms with van der Waals surface area (Å²) in [5.74, 6) is 1.98. The minimum atomic E-state index is -0.246. The predicted octanol–water partition coefficient (Wildman–Crippen LogP) is 5.66. The maximum atomic E-state index is 13.2. The molecule has 0 saturated heterocycles. The number of carbonyl (C=O) groups is 2. The van der Waals surface area contributed by atoms with Crippen LogP contribution in [0.3, 0.4) is 0 Å². The van der Waals surface area contributed by atoms with Crippen LogP contribution in [0.2, 0.25) is 0 Å². The van der Waals surface area contributed by atoms with Crippen LogP contribution in [0.1, 0.15) is 67.4 Å². The lowest BCUT2D eigenvalue weighted by Crippen LogP contribution is -2.44. The molecule has 7 heteroatoms. The van der Waals surface area contributed by atoms with Gasteiger partial charge in [-0.3, -0.25) is 9.59 Å². The van der Waals surface area contributed by atoms with Crippen molar-refractivity contribution in [3.63, 3.8) is 0 Å². The molecule has 2 heterocycles. The second-order valence-electron chi connectivity index (χ2n) is 10.4. The van der Waals surface area contributed by atoms with Gasteiger partial charge in [0.1, 0.15) is 11.3 Å². The zero-order chi connectivity index (χ0) is 22.7. The Morgan fingerprint density at radius 1 is 1.30 bits per heavy atom. The van der Waals surface area contributed by atoms with Gasteiger partial charge in [0.15, 0.2) is 17.1 Å². The first-order chi connectivity index (χ1) is 15.9. The number of ketones is 1. The Kier molecular flexibility index (Phi) is 4.94. The molecule has 2 saturated carbocycles. The minimum absolute atomic E-state index is 0.000163. The molecule has 5 unspecified atom stereocenters. The van der Waals surface area contributed by atoms with Gasteiger partial charge in [0.25, 0.3) is 0 Å². The SMILES string of the molecule is Cc1cnc(NC(=O)CCC2CC(=O)C3(C)CCC4c5cc6ncoc6cc5CCC4C23)s1. The molecule has 2 fully saturated rings. The minimum Gasteiger partial charge on any atom is -0.443 e. The van der Waals surface area contributed by atoms with Gasteiger partial charge >= 0.3 is 0 Å². The predicted molar refractivity (Wildman–Crippen MR) is 127 cm³/mol. The summed E-state index contributed by atoms with van der Waals surface area (Å²) in [6.45, 7) is 4.18. The van der Waals surface area contributed by atoms with Crippen molar-refractivity contribution in [2.45, 2.75) is 64.7 Å². The van der Waals surface area contributed by atoms with Crippen LogP contribution in [0.4, 0.5) is 5.13 Å². The van der Waals surface area contributed by atoms with Crippen molar-refractivity contribution >= 4 is 39.3 Å². The summed E-state index contributed by atoms with van der Waals surface area (Å²) in [4.78, 5) is 35.5. The van der Waals surface area contributed by atoms with E-state index in [2.05, 4.69) is 34.3 Å². The van der Waals surface area contributed by atoms with Crippen LogP contribution in [-0.2, 0) is 16.0 Å². The third-order valence-corrected chi connectivity index (χ3v) is 9.46. The highest BCUT2D eigenvalue weighted by atomic mass is 32.1. The standard InChI is InChI=1S/C26H29N3O3S/c1-14-12-27-25(33-14)29-23(31)6-4-16-10-22(30)26(2)8-7-17-18(24(16)26)5-3-15-9-21-20(11-19(15)17)28-13-32-21/h9,11-13,16-18,24H,3-8,10H2,1-2H3,(H,27,29,31). The fourth-order valence-corrected chi connectivity index (χ4v) is 7.84. The molecule has 33 heavy (non-hydrogen) atoms. The van der Waals surface area contributed by atoms with Crippen molar-refractivity contribution in [1.29, 1.82) is 0 Å². The topological polar surface area (TPSA) is 85.1 Å². The highest BCUT2D eigenvalue weighted by Crippen LogP contribution is 2.62. The number of thiazole rings is 1. The van der Waals surface area contributed by atoms with Gasteiger partial charge in [-0.2, -0.15) is 0 Å². The van der Waals surface area contributed by atoms with Crippen LogP contribution in [0.25, 0.3) is 11.1 Å². The highest BCUT2D eigenvalue weighted by molar-refractivity contribution is 7.15. The fourth-order valence-electron chi connectivity index (χ4n) is 7.16. The number of hydrogen-bond acceptors (Lipinski definition) is 6. The third kappa shape index (κ3) is 3.43. The maximum absolute atomic E-state index is 13.2. The fraction of sp³-hybridized carbons (Fsp3) is 0.538. The molecule has 3 aromatic rings. The third-order valence-electron chi connectivity index (χ3n) is 8.63. The molecule has 6 nitrogen and oxygen atoms in total. The number of oxazole rings is 1. The average Bonchev–Trinajstić information content (AvgIpc) is 3.48. The van der Waals surface area contributed by atoms with Gasteiger partial charge in [-0.1, -0.05) is 6.92 Å². The Hall–Kier alpha value is -2.54. The van der Waals surface area contributed by atoms with E-state index in [1.54, 1.807) is 6.20 Å². The zero-order valence-electron chi connectivity index (χ0n) is 19.1. The number of carbonyl (C=O) groups excluding carboxylic acids is 2. The number of rotatable bonds is 4. The normalized spacial score (nSPS) is 30.7. The summed E-state index contributed by atoms with van der Waals surface area (Å²) < 4.78 is 5.54. The summed E-state index contributed by atoms with van der Waals surface area (Å²) >= 11 is 1.49. The van der Waals surface area contributed by atoms with Crippen LogP contribution in [0.15, 0.2) is 29.1 Å². The van der Waals surface area contributed by atoms with E-state index in [1.165, 1.54) is 28.9 Å². The van der Waals surface area contributed by atoms with Crippen molar-refractivity contribution in [2.24, 2.45) is 23.2 Å². The van der Waals surface area contributed by atoms with Crippen molar-refractivity contribution in [3.05, 3.63) is 40.7 Å². The van der Waals surface area contributed by atoms with E-state index in [0.717, 1.165) is 48.1 Å². The molecule has 2 aromatic heterocycles. The molecule has 3 aliphatic carbocycles. The molecule has 172 valence electrons. The molecule has 0 bridgehead atoms. The van der Waals surface area contributed by atoms with Crippen LogP contribution >= 0.6 is 11.3 Å². The lowest BCUT2D eigenvalue weighted by atomic mass is 9.54. The van der Waals surface area contributed by atoms with E-state index < -0.39 is 0 Å². The van der Waals surface area contributed by atoms with Gasteiger partial charge in [0, 0.05) is 29.3 Å².